The third-order valence-electron chi connectivity index (χ3n) is 2.33. The van der Waals surface area contributed by atoms with E-state index in [4.69, 9.17) is 0 Å². The van der Waals surface area contributed by atoms with Gasteiger partial charge in [0.25, 0.3) is 0 Å². The zero-order valence-electron chi connectivity index (χ0n) is 9.01. The van der Waals surface area contributed by atoms with Gasteiger partial charge in [-0.1, -0.05) is 6.92 Å². The number of aromatic nitrogens is 4. The Labute approximate surface area is 89.0 Å². The van der Waals surface area contributed by atoms with Crippen molar-refractivity contribution in [3.8, 4) is 11.4 Å². The van der Waals surface area contributed by atoms with Crippen LogP contribution in [-0.2, 0) is 6.54 Å². The lowest BCUT2D eigenvalue weighted by atomic mass is 10.2. The van der Waals surface area contributed by atoms with Gasteiger partial charge in [0.05, 0.1) is 0 Å². The SMILES string of the molecule is CCCn1cnnc1-c1cccnc1C. The van der Waals surface area contributed by atoms with Gasteiger partial charge in [0.2, 0.25) is 0 Å². The topological polar surface area (TPSA) is 43.6 Å². The zero-order chi connectivity index (χ0) is 10.7. The first kappa shape index (κ1) is 9.83. The van der Waals surface area contributed by atoms with Crippen LogP contribution in [-0.4, -0.2) is 19.7 Å². The summed E-state index contributed by atoms with van der Waals surface area (Å²) in [6.45, 7) is 5.07. The van der Waals surface area contributed by atoms with E-state index in [1.54, 1.807) is 12.5 Å². The first-order chi connectivity index (χ1) is 7.33. The molecule has 0 bridgehead atoms. The molecule has 2 aromatic heterocycles. The highest BCUT2D eigenvalue weighted by Gasteiger charge is 2.08. The summed E-state index contributed by atoms with van der Waals surface area (Å²) < 4.78 is 2.06. The Hall–Kier alpha value is -1.71. The van der Waals surface area contributed by atoms with Crippen LogP contribution in [0.3, 0.4) is 0 Å². The number of rotatable bonds is 3. The molecule has 2 heterocycles. The van der Waals surface area contributed by atoms with Crippen LogP contribution in [0.15, 0.2) is 24.7 Å². The molecule has 0 unspecified atom stereocenters. The molecule has 0 aromatic carbocycles. The summed E-state index contributed by atoms with van der Waals surface area (Å²) in [4.78, 5) is 4.26. The van der Waals surface area contributed by atoms with Crippen LogP contribution in [0.25, 0.3) is 11.4 Å². The van der Waals surface area contributed by atoms with Crippen LogP contribution in [0, 0.1) is 6.92 Å². The predicted octanol–water partition coefficient (Wildman–Crippen LogP) is 2.06. The average molecular weight is 202 g/mol. The van der Waals surface area contributed by atoms with E-state index in [9.17, 15) is 0 Å². The van der Waals surface area contributed by atoms with Gasteiger partial charge in [0, 0.05) is 24.0 Å². The zero-order valence-corrected chi connectivity index (χ0v) is 9.01. The van der Waals surface area contributed by atoms with E-state index in [0.717, 1.165) is 30.0 Å². The highest BCUT2D eigenvalue weighted by Crippen LogP contribution is 2.18. The van der Waals surface area contributed by atoms with E-state index in [2.05, 4.69) is 26.7 Å². The van der Waals surface area contributed by atoms with Crippen LogP contribution < -0.4 is 0 Å². The number of pyridine rings is 1. The van der Waals surface area contributed by atoms with Crippen molar-refractivity contribution < 1.29 is 0 Å². The van der Waals surface area contributed by atoms with Gasteiger partial charge in [-0.2, -0.15) is 0 Å². The van der Waals surface area contributed by atoms with Gasteiger partial charge in [-0.15, -0.1) is 10.2 Å². The van der Waals surface area contributed by atoms with Gasteiger partial charge >= 0.3 is 0 Å². The highest BCUT2D eigenvalue weighted by atomic mass is 15.3. The molecule has 0 amide bonds. The fourth-order valence-corrected chi connectivity index (χ4v) is 1.59. The molecule has 0 radical (unpaired) electrons. The minimum absolute atomic E-state index is 0.905. The summed E-state index contributed by atoms with van der Waals surface area (Å²) >= 11 is 0. The molecule has 78 valence electrons. The molecule has 0 aliphatic rings. The van der Waals surface area contributed by atoms with E-state index in [1.807, 2.05) is 19.1 Å². The van der Waals surface area contributed by atoms with Crippen molar-refractivity contribution in [3.05, 3.63) is 30.4 Å². The molecule has 0 N–H and O–H groups in total. The van der Waals surface area contributed by atoms with Crippen LogP contribution in [0.1, 0.15) is 19.0 Å². The molecule has 0 fully saturated rings. The summed E-state index contributed by atoms with van der Waals surface area (Å²) in [5.41, 5.74) is 2.05. The van der Waals surface area contributed by atoms with E-state index >= 15 is 0 Å². The molecular weight excluding hydrogens is 188 g/mol. The molecule has 0 atom stereocenters. The molecule has 0 spiro atoms. The third kappa shape index (κ3) is 1.88. The van der Waals surface area contributed by atoms with Crippen LogP contribution >= 0.6 is 0 Å². The molecule has 2 rings (SSSR count). The Bertz CT molecular complexity index is 447. The minimum Gasteiger partial charge on any atom is -0.314 e. The minimum atomic E-state index is 0.905. The summed E-state index contributed by atoms with van der Waals surface area (Å²) in [5, 5.41) is 8.08. The van der Waals surface area contributed by atoms with Crippen molar-refractivity contribution in [1.82, 2.24) is 19.7 Å². The number of aryl methyl sites for hydroxylation is 2. The third-order valence-corrected chi connectivity index (χ3v) is 2.33. The summed E-state index contributed by atoms with van der Waals surface area (Å²) in [7, 11) is 0. The Morgan fingerprint density at radius 3 is 3.00 bits per heavy atom. The fraction of sp³-hybridized carbons (Fsp3) is 0.364. The van der Waals surface area contributed by atoms with E-state index in [1.165, 1.54) is 0 Å². The second kappa shape index (κ2) is 4.21. The molecule has 15 heavy (non-hydrogen) atoms. The maximum atomic E-state index is 4.26. The van der Waals surface area contributed by atoms with Gasteiger partial charge in [0.15, 0.2) is 5.82 Å². The van der Waals surface area contributed by atoms with Crippen molar-refractivity contribution in [2.75, 3.05) is 0 Å². The number of hydrogen-bond donors (Lipinski definition) is 0. The number of hydrogen-bond acceptors (Lipinski definition) is 3. The monoisotopic (exact) mass is 202 g/mol. The molecule has 4 heteroatoms. The molecule has 2 aromatic rings. The summed E-state index contributed by atoms with van der Waals surface area (Å²) in [5.74, 6) is 0.905. The van der Waals surface area contributed by atoms with Crippen molar-refractivity contribution in [2.45, 2.75) is 26.8 Å². The fourth-order valence-electron chi connectivity index (χ4n) is 1.59. The summed E-state index contributed by atoms with van der Waals surface area (Å²) in [6, 6.07) is 3.95. The second-order valence-electron chi connectivity index (χ2n) is 3.48. The lowest BCUT2D eigenvalue weighted by Gasteiger charge is -2.06. The van der Waals surface area contributed by atoms with Gasteiger partial charge in [-0.25, -0.2) is 0 Å². The Morgan fingerprint density at radius 2 is 2.27 bits per heavy atom. The molecule has 0 saturated heterocycles. The maximum Gasteiger partial charge on any atom is 0.165 e. The van der Waals surface area contributed by atoms with E-state index in [0.29, 0.717) is 0 Å². The lowest BCUT2D eigenvalue weighted by Crippen LogP contribution is -2.00. The lowest BCUT2D eigenvalue weighted by molar-refractivity contribution is 0.682. The Morgan fingerprint density at radius 1 is 1.40 bits per heavy atom. The predicted molar refractivity (Wildman–Crippen MR) is 58.3 cm³/mol. The van der Waals surface area contributed by atoms with Crippen molar-refractivity contribution in [2.24, 2.45) is 0 Å². The van der Waals surface area contributed by atoms with Crippen molar-refractivity contribution in [3.63, 3.8) is 0 Å². The average Bonchev–Trinajstić information content (AvgIpc) is 2.67. The van der Waals surface area contributed by atoms with Crippen LogP contribution in [0.4, 0.5) is 0 Å². The van der Waals surface area contributed by atoms with Crippen LogP contribution in [0.2, 0.25) is 0 Å². The standard InChI is InChI=1S/C11H14N4/c1-3-7-15-8-13-14-11(15)10-5-4-6-12-9(10)2/h4-6,8H,3,7H2,1-2H3. The van der Waals surface area contributed by atoms with Gasteiger partial charge < -0.3 is 4.57 Å². The molecule has 0 saturated carbocycles. The molecule has 0 aliphatic carbocycles. The highest BCUT2D eigenvalue weighted by molar-refractivity contribution is 5.57. The smallest absolute Gasteiger partial charge is 0.165 e. The van der Waals surface area contributed by atoms with Gasteiger partial charge in [-0.3, -0.25) is 4.98 Å². The molecule has 4 nitrogen and oxygen atoms in total. The van der Waals surface area contributed by atoms with Crippen molar-refractivity contribution >= 4 is 0 Å². The molecule has 0 aliphatic heterocycles. The first-order valence-corrected chi connectivity index (χ1v) is 5.12. The van der Waals surface area contributed by atoms with Crippen LogP contribution in [0.5, 0.6) is 0 Å². The first-order valence-electron chi connectivity index (χ1n) is 5.12. The summed E-state index contributed by atoms with van der Waals surface area (Å²) in [6.07, 6.45) is 4.63. The number of nitrogens with zero attached hydrogens (tertiary/aromatic N) is 4. The Kier molecular flexibility index (Phi) is 2.76. The Balaban J connectivity index is 2.45. The largest absolute Gasteiger partial charge is 0.314 e. The van der Waals surface area contributed by atoms with E-state index < -0.39 is 0 Å². The quantitative estimate of drug-likeness (QED) is 0.765. The van der Waals surface area contributed by atoms with Crippen molar-refractivity contribution in [1.29, 1.82) is 0 Å². The van der Waals surface area contributed by atoms with Gasteiger partial charge in [-0.05, 0) is 25.5 Å². The normalized spacial score (nSPS) is 10.5. The maximum absolute atomic E-state index is 4.26. The molecular formula is C11H14N4. The van der Waals surface area contributed by atoms with E-state index in [-0.39, 0.29) is 0 Å². The second-order valence-corrected chi connectivity index (χ2v) is 3.48. The van der Waals surface area contributed by atoms with Gasteiger partial charge in [0.1, 0.15) is 6.33 Å².